The molecule has 2 rings (SSSR count). The van der Waals surface area contributed by atoms with Crippen LogP contribution >= 0.6 is 11.6 Å². The Balaban J connectivity index is 1.85. The van der Waals surface area contributed by atoms with Crippen molar-refractivity contribution in [3.8, 4) is 0 Å². The first-order valence-corrected chi connectivity index (χ1v) is 11.3. The zero-order chi connectivity index (χ0) is 23.2. The predicted molar refractivity (Wildman–Crippen MR) is 122 cm³/mol. The van der Waals surface area contributed by atoms with E-state index in [1.165, 1.54) is 12.1 Å². The van der Waals surface area contributed by atoms with Crippen molar-refractivity contribution in [1.29, 1.82) is 0 Å². The van der Waals surface area contributed by atoms with Crippen LogP contribution in [0.25, 0.3) is 0 Å². The number of carbonyl (C=O) groups excluding carboxylic acids is 2. The van der Waals surface area contributed by atoms with Crippen molar-refractivity contribution < 1.29 is 18.7 Å². The van der Waals surface area contributed by atoms with Gasteiger partial charge >= 0.3 is 6.09 Å². The van der Waals surface area contributed by atoms with Gasteiger partial charge in [-0.3, -0.25) is 4.79 Å². The molecule has 1 aromatic carbocycles. The topological polar surface area (TPSA) is 61.9 Å². The Kier molecular flexibility index (Phi) is 9.13. The monoisotopic (exact) mass is 455 g/mol. The molecule has 1 aromatic rings. The smallest absolute Gasteiger partial charge is 0.410 e. The number of halogens is 2. The SMILES string of the molecule is CC(C)N(CC1CCCN(CCC(=O)Nc2ccc(Cl)cc2F)C1)C(=O)OC(C)(C)C. The van der Waals surface area contributed by atoms with E-state index in [9.17, 15) is 14.0 Å². The number of hydrogen-bond acceptors (Lipinski definition) is 4. The molecule has 0 aromatic heterocycles. The normalized spacial score (nSPS) is 17.5. The Bertz CT molecular complexity index is 767. The summed E-state index contributed by atoms with van der Waals surface area (Å²) in [5, 5.41) is 2.89. The van der Waals surface area contributed by atoms with Gasteiger partial charge in [0.05, 0.1) is 5.69 Å². The Morgan fingerprint density at radius 1 is 1.35 bits per heavy atom. The van der Waals surface area contributed by atoms with Gasteiger partial charge in [-0.15, -0.1) is 0 Å². The van der Waals surface area contributed by atoms with Crippen LogP contribution < -0.4 is 5.32 Å². The maximum absolute atomic E-state index is 13.9. The number of nitrogens with zero attached hydrogens (tertiary/aromatic N) is 2. The van der Waals surface area contributed by atoms with Crippen molar-refractivity contribution in [2.45, 2.75) is 65.5 Å². The Labute approximate surface area is 190 Å². The molecule has 0 aliphatic carbocycles. The van der Waals surface area contributed by atoms with Crippen LogP contribution in [0.1, 0.15) is 53.9 Å². The summed E-state index contributed by atoms with van der Waals surface area (Å²) in [7, 11) is 0. The molecule has 6 nitrogen and oxygen atoms in total. The largest absolute Gasteiger partial charge is 0.444 e. The highest BCUT2D eigenvalue weighted by molar-refractivity contribution is 6.30. The highest BCUT2D eigenvalue weighted by Crippen LogP contribution is 2.22. The number of benzene rings is 1. The molecule has 1 atom stereocenters. The standard InChI is InChI=1S/C23H35ClFN3O3/c1-16(2)28(22(30)31-23(3,4)5)15-17-7-6-11-27(14-17)12-10-21(29)26-20-9-8-18(24)13-19(20)25/h8-9,13,16-17H,6-7,10-12,14-15H2,1-5H3,(H,26,29). The molecule has 174 valence electrons. The summed E-state index contributed by atoms with van der Waals surface area (Å²) in [6.07, 6.45) is 2.03. The quantitative estimate of drug-likeness (QED) is 0.616. The van der Waals surface area contributed by atoms with Crippen LogP contribution in [-0.2, 0) is 9.53 Å². The molecular weight excluding hydrogens is 421 g/mol. The van der Waals surface area contributed by atoms with Gasteiger partial charge in [0.2, 0.25) is 5.91 Å². The predicted octanol–water partition coefficient (Wildman–Crippen LogP) is 5.17. The van der Waals surface area contributed by atoms with Crippen LogP contribution in [0.15, 0.2) is 18.2 Å². The summed E-state index contributed by atoms with van der Waals surface area (Å²) in [5.74, 6) is -0.462. The van der Waals surface area contributed by atoms with Gasteiger partial charge < -0.3 is 19.9 Å². The van der Waals surface area contributed by atoms with Gasteiger partial charge in [-0.05, 0) is 78.1 Å². The second-order valence-corrected chi connectivity index (χ2v) is 9.89. The van der Waals surface area contributed by atoms with E-state index in [1.807, 2.05) is 34.6 Å². The molecule has 1 unspecified atom stereocenters. The Hall–Kier alpha value is -1.86. The Morgan fingerprint density at radius 3 is 2.68 bits per heavy atom. The summed E-state index contributed by atoms with van der Waals surface area (Å²) in [5.41, 5.74) is -0.393. The highest BCUT2D eigenvalue weighted by Gasteiger charge is 2.29. The number of ether oxygens (including phenoxy) is 1. The molecule has 2 amide bonds. The van der Waals surface area contributed by atoms with E-state index in [0.717, 1.165) is 25.9 Å². The van der Waals surface area contributed by atoms with Gasteiger partial charge in [-0.2, -0.15) is 0 Å². The molecule has 0 spiro atoms. The number of anilines is 1. The molecule has 1 fully saturated rings. The third-order valence-corrected chi connectivity index (χ3v) is 5.40. The fourth-order valence-corrected chi connectivity index (χ4v) is 3.82. The van der Waals surface area contributed by atoms with Crippen LogP contribution in [0.3, 0.4) is 0 Å². The zero-order valence-corrected chi connectivity index (χ0v) is 20.0. The lowest BCUT2D eigenvalue weighted by Gasteiger charge is -2.37. The van der Waals surface area contributed by atoms with Crippen LogP contribution in [0.5, 0.6) is 0 Å². The molecule has 0 saturated carbocycles. The first-order valence-electron chi connectivity index (χ1n) is 10.9. The molecule has 0 radical (unpaired) electrons. The third-order valence-electron chi connectivity index (χ3n) is 5.17. The molecule has 1 heterocycles. The van der Waals surface area contributed by atoms with Crippen molar-refractivity contribution in [1.82, 2.24) is 9.80 Å². The highest BCUT2D eigenvalue weighted by atomic mass is 35.5. The molecule has 1 aliphatic rings. The van der Waals surface area contributed by atoms with E-state index >= 15 is 0 Å². The summed E-state index contributed by atoms with van der Waals surface area (Å²) >= 11 is 5.74. The number of carbonyl (C=O) groups is 2. The van der Waals surface area contributed by atoms with Crippen LogP contribution in [0.4, 0.5) is 14.9 Å². The van der Waals surface area contributed by atoms with Crippen LogP contribution in [0, 0.1) is 11.7 Å². The average molecular weight is 456 g/mol. The van der Waals surface area contributed by atoms with E-state index in [-0.39, 0.29) is 35.2 Å². The molecule has 31 heavy (non-hydrogen) atoms. The third kappa shape index (κ3) is 8.65. The summed E-state index contributed by atoms with van der Waals surface area (Å²) in [6.45, 7) is 12.5. The van der Waals surface area contributed by atoms with Gasteiger partial charge in [-0.1, -0.05) is 11.6 Å². The van der Waals surface area contributed by atoms with E-state index in [2.05, 4.69) is 10.2 Å². The molecule has 0 bridgehead atoms. The minimum Gasteiger partial charge on any atom is -0.444 e. The van der Waals surface area contributed by atoms with Gasteiger partial charge in [0.1, 0.15) is 11.4 Å². The summed E-state index contributed by atoms with van der Waals surface area (Å²) in [4.78, 5) is 28.9. The zero-order valence-electron chi connectivity index (χ0n) is 19.2. The number of hydrogen-bond donors (Lipinski definition) is 1. The van der Waals surface area contributed by atoms with Crippen molar-refractivity contribution in [2.24, 2.45) is 5.92 Å². The van der Waals surface area contributed by atoms with E-state index in [0.29, 0.717) is 19.0 Å². The minimum atomic E-state index is -0.546. The van der Waals surface area contributed by atoms with Gasteiger partial charge in [0.15, 0.2) is 0 Å². The second kappa shape index (κ2) is 11.1. The fourth-order valence-electron chi connectivity index (χ4n) is 3.66. The van der Waals surface area contributed by atoms with Crippen molar-refractivity contribution in [2.75, 3.05) is 31.5 Å². The van der Waals surface area contributed by atoms with E-state index in [4.69, 9.17) is 16.3 Å². The number of amides is 2. The molecule has 1 saturated heterocycles. The first-order chi connectivity index (χ1) is 14.4. The lowest BCUT2D eigenvalue weighted by molar-refractivity contribution is -0.116. The van der Waals surface area contributed by atoms with E-state index in [1.54, 1.807) is 11.0 Å². The van der Waals surface area contributed by atoms with Gasteiger partial charge in [0.25, 0.3) is 0 Å². The molecular formula is C23H35ClFN3O3. The van der Waals surface area contributed by atoms with Gasteiger partial charge in [0, 0.05) is 37.1 Å². The van der Waals surface area contributed by atoms with Crippen molar-refractivity contribution in [3.63, 3.8) is 0 Å². The number of nitrogens with one attached hydrogen (secondary N) is 1. The lowest BCUT2D eigenvalue weighted by Crippen LogP contribution is -2.47. The number of likely N-dealkylation sites (tertiary alicyclic amines) is 1. The van der Waals surface area contributed by atoms with Crippen molar-refractivity contribution >= 4 is 29.3 Å². The summed E-state index contributed by atoms with van der Waals surface area (Å²) in [6, 6.07) is 4.23. The molecule has 1 aliphatic heterocycles. The number of piperidine rings is 1. The van der Waals surface area contributed by atoms with Gasteiger partial charge in [-0.25, -0.2) is 9.18 Å². The molecule has 8 heteroatoms. The summed E-state index contributed by atoms with van der Waals surface area (Å²) < 4.78 is 19.4. The second-order valence-electron chi connectivity index (χ2n) is 9.46. The number of rotatable bonds is 7. The van der Waals surface area contributed by atoms with Crippen LogP contribution in [0.2, 0.25) is 5.02 Å². The lowest BCUT2D eigenvalue weighted by atomic mass is 9.97. The molecule has 1 N–H and O–H groups in total. The fraction of sp³-hybridized carbons (Fsp3) is 0.652. The first kappa shape index (κ1) is 25.4. The van der Waals surface area contributed by atoms with Crippen molar-refractivity contribution in [3.05, 3.63) is 29.0 Å². The Morgan fingerprint density at radius 2 is 2.06 bits per heavy atom. The maximum atomic E-state index is 13.9. The van der Waals surface area contributed by atoms with E-state index < -0.39 is 11.4 Å². The maximum Gasteiger partial charge on any atom is 0.410 e. The average Bonchev–Trinajstić information content (AvgIpc) is 2.65. The minimum absolute atomic E-state index is 0.0466. The van der Waals surface area contributed by atoms with Crippen LogP contribution in [-0.4, -0.2) is 59.6 Å².